The van der Waals surface area contributed by atoms with Gasteiger partial charge in [-0.05, 0) is 63.2 Å². The summed E-state index contributed by atoms with van der Waals surface area (Å²) < 4.78 is 21.9. The van der Waals surface area contributed by atoms with Crippen molar-refractivity contribution >= 4 is 17.8 Å². The molecule has 0 radical (unpaired) electrons. The van der Waals surface area contributed by atoms with Gasteiger partial charge in [0.1, 0.15) is 25.0 Å². The number of rotatable bonds is 7. The summed E-state index contributed by atoms with van der Waals surface area (Å²) in [6.07, 6.45) is 2.83. The van der Waals surface area contributed by atoms with E-state index in [1.165, 1.54) is 6.26 Å². The molecular weight excluding hydrogens is 466 g/mol. The molecule has 36 heavy (non-hydrogen) atoms. The Morgan fingerprint density at radius 2 is 1.89 bits per heavy atom. The van der Waals surface area contributed by atoms with Crippen molar-refractivity contribution in [2.75, 3.05) is 39.5 Å². The molecule has 2 amide bonds. The Kier molecular flexibility index (Phi) is 6.95. The molecule has 3 aliphatic rings. The molecule has 0 bridgehead atoms. The summed E-state index contributed by atoms with van der Waals surface area (Å²) in [6.45, 7) is 4.57. The SMILES string of the molecule is CCOC(=O)C1=C(CN2CCC(C(=O)c3ccc4c(c3)OCCO4)CC2)NC(=O)N[C@@H]1c1ccco1. The van der Waals surface area contributed by atoms with Crippen molar-refractivity contribution in [3.63, 3.8) is 0 Å². The van der Waals surface area contributed by atoms with Crippen LogP contribution in [0, 0.1) is 5.92 Å². The zero-order chi connectivity index (χ0) is 25.1. The summed E-state index contributed by atoms with van der Waals surface area (Å²) in [5.74, 6) is 1.19. The van der Waals surface area contributed by atoms with E-state index in [-0.39, 0.29) is 18.3 Å². The highest BCUT2D eigenvalue weighted by molar-refractivity contribution is 5.98. The van der Waals surface area contributed by atoms with Crippen LogP contribution in [0.1, 0.15) is 41.9 Å². The predicted molar refractivity (Wildman–Crippen MR) is 128 cm³/mol. The summed E-state index contributed by atoms with van der Waals surface area (Å²) in [7, 11) is 0. The minimum absolute atomic E-state index is 0.0890. The lowest BCUT2D eigenvalue weighted by atomic mass is 9.88. The van der Waals surface area contributed by atoms with Crippen LogP contribution < -0.4 is 20.1 Å². The molecule has 2 aromatic rings. The maximum atomic E-state index is 13.2. The van der Waals surface area contributed by atoms with Crippen LogP contribution in [-0.4, -0.2) is 62.1 Å². The van der Waals surface area contributed by atoms with Crippen molar-refractivity contribution in [2.45, 2.75) is 25.8 Å². The lowest BCUT2D eigenvalue weighted by molar-refractivity contribution is -0.139. The first-order valence-corrected chi connectivity index (χ1v) is 12.2. The van der Waals surface area contributed by atoms with Gasteiger partial charge in [0, 0.05) is 23.7 Å². The minimum Gasteiger partial charge on any atom is -0.486 e. The Bertz CT molecular complexity index is 1170. The fraction of sp³-hybridized carbons (Fsp3) is 0.423. The topological polar surface area (TPSA) is 119 Å². The highest BCUT2D eigenvalue weighted by atomic mass is 16.6. The molecule has 1 aromatic heterocycles. The van der Waals surface area contributed by atoms with Gasteiger partial charge in [0.25, 0.3) is 0 Å². The van der Waals surface area contributed by atoms with Crippen molar-refractivity contribution in [1.29, 1.82) is 0 Å². The van der Waals surface area contributed by atoms with E-state index in [0.29, 0.717) is 79.8 Å². The van der Waals surface area contributed by atoms with E-state index in [0.717, 1.165) is 0 Å². The third-order valence-corrected chi connectivity index (χ3v) is 6.64. The van der Waals surface area contributed by atoms with Gasteiger partial charge >= 0.3 is 12.0 Å². The quantitative estimate of drug-likeness (QED) is 0.445. The second-order valence-corrected chi connectivity index (χ2v) is 8.93. The molecule has 190 valence electrons. The number of urea groups is 1. The molecule has 0 unspecified atom stereocenters. The number of Topliss-reactive ketones (excluding diaryl/α,β-unsaturated/α-hetero) is 1. The number of piperidine rings is 1. The van der Waals surface area contributed by atoms with Crippen LogP contribution in [0.15, 0.2) is 52.3 Å². The van der Waals surface area contributed by atoms with Gasteiger partial charge in [-0.25, -0.2) is 9.59 Å². The van der Waals surface area contributed by atoms with Gasteiger partial charge in [0.05, 0.1) is 18.4 Å². The van der Waals surface area contributed by atoms with Gasteiger partial charge in [0.2, 0.25) is 0 Å². The van der Waals surface area contributed by atoms with Crippen LogP contribution in [0.25, 0.3) is 0 Å². The van der Waals surface area contributed by atoms with Crippen LogP contribution >= 0.6 is 0 Å². The third-order valence-electron chi connectivity index (χ3n) is 6.64. The summed E-state index contributed by atoms with van der Waals surface area (Å²) >= 11 is 0. The lowest BCUT2D eigenvalue weighted by Crippen LogP contribution is -2.49. The van der Waals surface area contributed by atoms with Crippen LogP contribution in [0.3, 0.4) is 0 Å². The molecule has 0 spiro atoms. The number of ketones is 1. The average molecular weight is 496 g/mol. The fourth-order valence-corrected chi connectivity index (χ4v) is 4.87. The van der Waals surface area contributed by atoms with Gasteiger partial charge < -0.3 is 29.3 Å². The number of nitrogens with zero attached hydrogens (tertiary/aromatic N) is 1. The fourth-order valence-electron chi connectivity index (χ4n) is 4.87. The van der Waals surface area contributed by atoms with Gasteiger partial charge in [-0.1, -0.05) is 0 Å². The van der Waals surface area contributed by atoms with E-state index < -0.39 is 18.0 Å². The van der Waals surface area contributed by atoms with Gasteiger partial charge in [-0.3, -0.25) is 9.69 Å². The molecule has 1 atom stereocenters. The lowest BCUT2D eigenvalue weighted by Gasteiger charge is -2.34. The van der Waals surface area contributed by atoms with E-state index in [2.05, 4.69) is 15.5 Å². The molecule has 5 rings (SSSR count). The number of carbonyl (C=O) groups excluding carboxylic acids is 3. The van der Waals surface area contributed by atoms with Crippen molar-refractivity contribution in [2.24, 2.45) is 5.92 Å². The number of benzene rings is 1. The molecule has 10 nitrogen and oxygen atoms in total. The Hall–Kier alpha value is -3.79. The van der Waals surface area contributed by atoms with E-state index >= 15 is 0 Å². The largest absolute Gasteiger partial charge is 0.486 e. The summed E-state index contributed by atoms with van der Waals surface area (Å²) in [5.41, 5.74) is 1.42. The molecule has 3 aliphatic heterocycles. The Morgan fingerprint density at radius 3 is 2.61 bits per heavy atom. The van der Waals surface area contributed by atoms with E-state index in [4.69, 9.17) is 18.6 Å². The van der Waals surface area contributed by atoms with Gasteiger partial charge in [-0.2, -0.15) is 0 Å². The molecule has 0 saturated carbocycles. The van der Waals surface area contributed by atoms with Crippen molar-refractivity contribution in [3.05, 3.63) is 59.2 Å². The second-order valence-electron chi connectivity index (χ2n) is 8.93. The monoisotopic (exact) mass is 495 g/mol. The predicted octanol–water partition coefficient (Wildman–Crippen LogP) is 2.82. The van der Waals surface area contributed by atoms with E-state index in [9.17, 15) is 14.4 Å². The molecule has 1 aromatic carbocycles. The van der Waals surface area contributed by atoms with Crippen molar-refractivity contribution < 1.29 is 33.0 Å². The standard InChI is InChI=1S/C26H29N3O7/c1-2-33-25(31)22-18(27-26(32)28-23(22)20-4-3-11-34-20)15-29-9-7-16(8-10-29)24(30)17-5-6-19-21(14-17)36-13-12-35-19/h3-6,11,14,16,23H,2,7-10,12-13,15H2,1H3,(H2,27,28,32)/t23-/m1/s1. The molecule has 0 aliphatic carbocycles. The van der Waals surface area contributed by atoms with Crippen LogP contribution in [0.2, 0.25) is 0 Å². The number of hydrogen-bond donors (Lipinski definition) is 2. The van der Waals surface area contributed by atoms with Crippen LogP contribution in [0.5, 0.6) is 11.5 Å². The summed E-state index contributed by atoms with van der Waals surface area (Å²) in [6, 6.07) is 7.60. The molecule has 1 fully saturated rings. The third kappa shape index (κ3) is 4.94. The molecule has 10 heteroatoms. The van der Waals surface area contributed by atoms with E-state index in [1.807, 2.05) is 0 Å². The number of ether oxygens (including phenoxy) is 3. The average Bonchev–Trinajstić information content (AvgIpc) is 3.43. The second kappa shape index (κ2) is 10.4. The first kappa shape index (κ1) is 23.9. The van der Waals surface area contributed by atoms with Crippen LogP contribution in [-0.2, 0) is 9.53 Å². The van der Waals surface area contributed by atoms with Crippen molar-refractivity contribution in [1.82, 2.24) is 15.5 Å². The first-order valence-electron chi connectivity index (χ1n) is 12.2. The highest BCUT2D eigenvalue weighted by Gasteiger charge is 2.36. The van der Waals surface area contributed by atoms with Crippen LogP contribution in [0.4, 0.5) is 4.79 Å². The number of amides is 2. The number of furan rings is 1. The van der Waals surface area contributed by atoms with E-state index in [1.54, 1.807) is 37.3 Å². The number of hydrogen-bond acceptors (Lipinski definition) is 8. The normalized spacial score (nSPS) is 20.5. The van der Waals surface area contributed by atoms with Gasteiger partial charge in [-0.15, -0.1) is 0 Å². The number of nitrogens with one attached hydrogen (secondary N) is 2. The molecular formula is C26H29N3O7. The minimum atomic E-state index is -0.739. The summed E-state index contributed by atoms with van der Waals surface area (Å²) in [5, 5.41) is 5.54. The highest BCUT2D eigenvalue weighted by Crippen LogP contribution is 2.33. The first-order chi connectivity index (χ1) is 17.5. The summed E-state index contributed by atoms with van der Waals surface area (Å²) in [4.78, 5) is 40.6. The molecule has 2 N–H and O–H groups in total. The zero-order valence-corrected chi connectivity index (χ0v) is 20.1. The molecule has 4 heterocycles. The Balaban J connectivity index is 1.28. The zero-order valence-electron chi connectivity index (χ0n) is 20.1. The Labute approximate surface area is 208 Å². The number of fused-ring (bicyclic) bond motifs is 1. The molecule has 1 saturated heterocycles. The smallest absolute Gasteiger partial charge is 0.338 e. The maximum absolute atomic E-state index is 13.2. The number of likely N-dealkylation sites (tertiary alicyclic amines) is 1. The van der Waals surface area contributed by atoms with Gasteiger partial charge in [0.15, 0.2) is 17.3 Å². The number of esters is 1. The maximum Gasteiger partial charge on any atom is 0.338 e. The van der Waals surface area contributed by atoms with Crippen molar-refractivity contribution in [3.8, 4) is 11.5 Å². The number of carbonyl (C=O) groups is 3. The Morgan fingerprint density at radius 1 is 1.11 bits per heavy atom.